The van der Waals surface area contributed by atoms with Gasteiger partial charge in [-0.2, -0.15) is 5.10 Å². The molecule has 9 heteroatoms. The second kappa shape index (κ2) is 9.46. The number of ketones is 1. The van der Waals surface area contributed by atoms with Crippen molar-refractivity contribution in [3.63, 3.8) is 0 Å². The highest BCUT2D eigenvalue weighted by Gasteiger charge is 2.35. The fourth-order valence-electron chi connectivity index (χ4n) is 3.64. The Kier molecular flexibility index (Phi) is 7.13. The summed E-state index contributed by atoms with van der Waals surface area (Å²) < 4.78 is 21.4. The first-order chi connectivity index (χ1) is 14.6. The lowest BCUT2D eigenvalue weighted by molar-refractivity contribution is -0.123. The van der Waals surface area contributed by atoms with Gasteiger partial charge in [0, 0.05) is 30.0 Å². The zero-order valence-electron chi connectivity index (χ0n) is 17.9. The number of hydrogen-bond acceptors (Lipinski definition) is 5. The Labute approximate surface area is 185 Å². The van der Waals surface area contributed by atoms with E-state index in [-0.39, 0.29) is 36.8 Å². The quantitative estimate of drug-likeness (QED) is 0.674. The molecule has 168 valence electrons. The van der Waals surface area contributed by atoms with Crippen LogP contribution in [0.2, 0.25) is 5.02 Å². The topological polar surface area (TPSA) is 93.5 Å². The molecule has 1 aromatic heterocycles. The largest absolute Gasteiger partial charge is 0.396 e. The van der Waals surface area contributed by atoms with Crippen LogP contribution < -0.4 is 5.32 Å². The van der Waals surface area contributed by atoms with E-state index in [9.17, 15) is 14.0 Å². The molecule has 1 aliphatic heterocycles. The number of hydrogen-bond donors (Lipinski definition) is 2. The number of ether oxygens (including phenoxy) is 1. The van der Waals surface area contributed by atoms with Crippen LogP contribution in [0.1, 0.15) is 55.4 Å². The number of nitrogens with one attached hydrogen (secondary N) is 1. The van der Waals surface area contributed by atoms with Gasteiger partial charge in [-0.15, -0.1) is 0 Å². The molecule has 0 aliphatic carbocycles. The zero-order valence-corrected chi connectivity index (χ0v) is 18.6. The third-order valence-corrected chi connectivity index (χ3v) is 5.45. The van der Waals surface area contributed by atoms with Crippen LogP contribution in [-0.4, -0.2) is 45.8 Å². The number of rotatable bonds is 7. The van der Waals surface area contributed by atoms with E-state index in [1.807, 2.05) is 20.8 Å². The fourth-order valence-corrected chi connectivity index (χ4v) is 3.81. The van der Waals surface area contributed by atoms with E-state index in [0.717, 1.165) is 0 Å². The van der Waals surface area contributed by atoms with Crippen LogP contribution in [0.3, 0.4) is 0 Å². The van der Waals surface area contributed by atoms with Crippen LogP contribution in [0, 0.1) is 11.2 Å². The second-order valence-corrected chi connectivity index (χ2v) is 9.09. The molecule has 3 rings (SSSR count). The summed E-state index contributed by atoms with van der Waals surface area (Å²) in [7, 11) is 0. The number of Topliss-reactive ketones (excluding diaryl/α,β-unsaturated/α-hetero) is 1. The summed E-state index contributed by atoms with van der Waals surface area (Å²) in [5.41, 5.74) is 0.949. The molecule has 0 saturated heterocycles. The minimum atomic E-state index is -0.764. The van der Waals surface area contributed by atoms with Crippen molar-refractivity contribution in [2.75, 3.05) is 13.2 Å². The number of aliphatic hydroxyl groups excluding tert-OH is 1. The molecule has 2 N–H and O–H groups in total. The molecule has 0 saturated carbocycles. The van der Waals surface area contributed by atoms with Crippen molar-refractivity contribution in [3.8, 4) is 5.69 Å². The third-order valence-electron chi connectivity index (χ3n) is 5.22. The summed E-state index contributed by atoms with van der Waals surface area (Å²) in [6.45, 7) is 6.05. The van der Waals surface area contributed by atoms with E-state index in [4.69, 9.17) is 21.4 Å². The minimum Gasteiger partial charge on any atom is -0.396 e. The lowest BCUT2D eigenvalue weighted by Crippen LogP contribution is -2.49. The minimum absolute atomic E-state index is 0.0956. The van der Waals surface area contributed by atoms with Crippen molar-refractivity contribution in [2.24, 2.45) is 5.41 Å². The zero-order chi connectivity index (χ0) is 22.8. The first-order valence-corrected chi connectivity index (χ1v) is 10.6. The Morgan fingerprint density at radius 2 is 2.13 bits per heavy atom. The number of halogens is 2. The van der Waals surface area contributed by atoms with Crippen LogP contribution in [-0.2, 0) is 22.6 Å². The number of carbonyl (C=O) groups excluding carboxylic acids is 2. The SMILES string of the molecule is CC(C)(C)[C@H](NC(=O)c1nn(-c2cc(Cl)ccc2F)c2c1COCC2)C(=O)CCCO. The van der Waals surface area contributed by atoms with E-state index in [1.165, 1.54) is 22.9 Å². The number of aromatic nitrogens is 2. The van der Waals surface area contributed by atoms with E-state index in [1.54, 1.807) is 0 Å². The molecule has 2 heterocycles. The molecular weight excluding hydrogens is 425 g/mol. The Bertz CT molecular complexity index is 984. The summed E-state index contributed by atoms with van der Waals surface area (Å²) in [4.78, 5) is 25.9. The van der Waals surface area contributed by atoms with Crippen molar-refractivity contribution in [1.29, 1.82) is 0 Å². The molecule has 31 heavy (non-hydrogen) atoms. The Balaban J connectivity index is 1.98. The Hall–Kier alpha value is -2.29. The van der Waals surface area contributed by atoms with Crippen LogP contribution in [0.25, 0.3) is 5.69 Å². The summed E-state index contributed by atoms with van der Waals surface area (Å²) >= 11 is 6.05. The number of benzene rings is 1. The van der Waals surface area contributed by atoms with E-state index >= 15 is 0 Å². The molecule has 0 radical (unpaired) electrons. The lowest BCUT2D eigenvalue weighted by atomic mass is 9.82. The first kappa shape index (κ1) is 23.4. The standard InChI is InChI=1S/C22H27ClFN3O4/c1-22(2,3)20(18(29)5-4-9-28)25-21(30)19-14-12-31-10-8-16(14)27(26-19)17-11-13(23)6-7-15(17)24/h6-7,11,20,28H,4-5,8-10,12H2,1-3H3,(H,25,30)/t20-/m1/s1. The predicted molar refractivity (Wildman–Crippen MR) is 114 cm³/mol. The lowest BCUT2D eigenvalue weighted by Gasteiger charge is -2.30. The molecule has 1 atom stereocenters. The first-order valence-electron chi connectivity index (χ1n) is 10.2. The van der Waals surface area contributed by atoms with Gasteiger partial charge in [-0.1, -0.05) is 32.4 Å². The average Bonchev–Trinajstić information content (AvgIpc) is 3.10. The van der Waals surface area contributed by atoms with Crippen molar-refractivity contribution in [2.45, 2.75) is 52.7 Å². The number of nitrogens with zero attached hydrogens (tertiary/aromatic N) is 2. The highest BCUT2D eigenvalue weighted by molar-refractivity contribution is 6.30. The third kappa shape index (κ3) is 5.14. The van der Waals surface area contributed by atoms with Gasteiger partial charge in [0.25, 0.3) is 5.91 Å². The molecule has 1 aliphatic rings. The molecule has 2 aromatic rings. The highest BCUT2D eigenvalue weighted by Crippen LogP contribution is 2.28. The van der Waals surface area contributed by atoms with Gasteiger partial charge in [0.15, 0.2) is 11.5 Å². The van der Waals surface area contributed by atoms with Crippen LogP contribution in [0.15, 0.2) is 18.2 Å². The van der Waals surface area contributed by atoms with Gasteiger partial charge in [-0.25, -0.2) is 9.07 Å². The van der Waals surface area contributed by atoms with Gasteiger partial charge < -0.3 is 15.2 Å². The van der Waals surface area contributed by atoms with Gasteiger partial charge in [0.05, 0.1) is 24.9 Å². The number of fused-ring (bicyclic) bond motifs is 1. The van der Waals surface area contributed by atoms with Crippen molar-refractivity contribution in [3.05, 3.63) is 46.0 Å². The van der Waals surface area contributed by atoms with Gasteiger partial charge in [0.1, 0.15) is 11.5 Å². The monoisotopic (exact) mass is 451 g/mol. The summed E-state index contributed by atoms with van der Waals surface area (Å²) in [6, 6.07) is 3.39. The molecule has 0 fully saturated rings. The molecule has 1 aromatic carbocycles. The number of carbonyl (C=O) groups is 2. The van der Waals surface area contributed by atoms with E-state index < -0.39 is 23.2 Å². The Morgan fingerprint density at radius 3 is 2.81 bits per heavy atom. The molecule has 0 bridgehead atoms. The van der Waals surface area contributed by atoms with Crippen molar-refractivity contribution < 1.29 is 23.8 Å². The smallest absolute Gasteiger partial charge is 0.272 e. The van der Waals surface area contributed by atoms with Gasteiger partial charge in [0.2, 0.25) is 0 Å². The maximum absolute atomic E-state index is 14.5. The van der Waals surface area contributed by atoms with Crippen LogP contribution in [0.4, 0.5) is 4.39 Å². The van der Waals surface area contributed by atoms with Crippen LogP contribution in [0.5, 0.6) is 0 Å². The van der Waals surface area contributed by atoms with Gasteiger partial charge >= 0.3 is 0 Å². The van der Waals surface area contributed by atoms with Gasteiger partial charge in [-0.3, -0.25) is 9.59 Å². The van der Waals surface area contributed by atoms with E-state index in [0.29, 0.717) is 35.7 Å². The molecular formula is C22H27ClFN3O4. The summed E-state index contributed by atoms with van der Waals surface area (Å²) in [6.07, 6.45) is 0.939. The molecule has 0 spiro atoms. The van der Waals surface area contributed by atoms with Gasteiger partial charge in [-0.05, 0) is 30.0 Å². The maximum Gasteiger partial charge on any atom is 0.272 e. The Morgan fingerprint density at radius 1 is 1.39 bits per heavy atom. The molecule has 1 amide bonds. The van der Waals surface area contributed by atoms with Crippen molar-refractivity contribution in [1.82, 2.24) is 15.1 Å². The number of amides is 1. The highest BCUT2D eigenvalue weighted by atomic mass is 35.5. The average molecular weight is 452 g/mol. The summed E-state index contributed by atoms with van der Waals surface area (Å²) in [5, 5.41) is 16.6. The van der Waals surface area contributed by atoms with Crippen molar-refractivity contribution >= 4 is 23.3 Å². The molecule has 0 unspecified atom stereocenters. The summed E-state index contributed by atoms with van der Waals surface area (Å²) in [5.74, 6) is -1.21. The normalized spacial score (nSPS) is 14.8. The number of aliphatic hydroxyl groups is 1. The maximum atomic E-state index is 14.5. The van der Waals surface area contributed by atoms with Crippen LogP contribution >= 0.6 is 11.6 Å². The predicted octanol–water partition coefficient (Wildman–Crippen LogP) is 3.22. The second-order valence-electron chi connectivity index (χ2n) is 8.65. The fraction of sp³-hybridized carbons (Fsp3) is 0.500. The molecule has 7 nitrogen and oxygen atoms in total. The van der Waals surface area contributed by atoms with E-state index in [2.05, 4.69) is 10.4 Å².